The van der Waals surface area contributed by atoms with E-state index >= 15 is 0 Å². The summed E-state index contributed by atoms with van der Waals surface area (Å²) in [5, 5.41) is 15.6. The first kappa shape index (κ1) is 36.3. The number of benzene rings is 2. The molecule has 2 aromatic carbocycles. The highest BCUT2D eigenvalue weighted by molar-refractivity contribution is 7.92. The standard InChI is InChI=1S/C31H41ClN8O5S.ClH/c1-37(46(3,43)44)27-7-5-4-6-25(27)34-30-24(32)21-33-31(36-30)35-26-9-8-23(20-28(26)45-2)39-14-10-22(11-15-39)40-18-16-38(17-19-40)13-12-29(41)42;/h4-9,20-22H,10-19H2,1-3H3,(H,41,42)(H2,33,34,35,36);1H. The molecular weight excluding hydrogens is 667 g/mol. The number of halogens is 2. The zero-order valence-corrected chi connectivity index (χ0v) is 29.1. The Balaban J connectivity index is 0.00000500. The molecule has 47 heavy (non-hydrogen) atoms. The molecule has 2 aliphatic rings. The van der Waals surface area contributed by atoms with Gasteiger partial charge in [-0.2, -0.15) is 4.98 Å². The summed E-state index contributed by atoms with van der Waals surface area (Å²) < 4.78 is 31.3. The van der Waals surface area contributed by atoms with E-state index < -0.39 is 16.0 Å². The number of nitrogens with one attached hydrogen (secondary N) is 2. The predicted octanol–water partition coefficient (Wildman–Crippen LogP) is 4.50. The molecule has 0 atom stereocenters. The molecule has 3 aromatic rings. The average molecular weight is 710 g/mol. The van der Waals surface area contributed by atoms with Crippen LogP contribution in [0.4, 0.5) is 34.5 Å². The van der Waals surface area contributed by atoms with Crippen LogP contribution in [0.15, 0.2) is 48.7 Å². The van der Waals surface area contributed by atoms with E-state index in [0.29, 0.717) is 41.2 Å². The van der Waals surface area contributed by atoms with Crippen molar-refractivity contribution in [2.24, 2.45) is 0 Å². The van der Waals surface area contributed by atoms with Gasteiger partial charge < -0.3 is 30.3 Å². The number of anilines is 6. The van der Waals surface area contributed by atoms with Crippen molar-refractivity contribution in [3.63, 3.8) is 0 Å². The number of nitrogens with zero attached hydrogens (tertiary/aromatic N) is 6. The van der Waals surface area contributed by atoms with Crippen LogP contribution >= 0.6 is 24.0 Å². The molecule has 5 rings (SSSR count). The maximum atomic E-state index is 12.2. The fraction of sp³-hybridized carbons (Fsp3) is 0.452. The second kappa shape index (κ2) is 16.0. The van der Waals surface area contributed by atoms with Gasteiger partial charge in [-0.25, -0.2) is 13.4 Å². The lowest BCUT2D eigenvalue weighted by molar-refractivity contribution is -0.137. The molecule has 1 aromatic heterocycles. The molecule has 3 N–H and O–H groups in total. The van der Waals surface area contributed by atoms with Gasteiger partial charge in [0.15, 0.2) is 5.82 Å². The van der Waals surface area contributed by atoms with Crippen LogP contribution in [-0.2, 0) is 14.8 Å². The van der Waals surface area contributed by atoms with Crippen LogP contribution < -0.4 is 24.6 Å². The first-order valence-electron chi connectivity index (χ1n) is 15.2. The maximum Gasteiger partial charge on any atom is 0.304 e. The molecule has 2 saturated heterocycles. The lowest BCUT2D eigenvalue weighted by Crippen LogP contribution is -2.53. The zero-order chi connectivity index (χ0) is 32.8. The number of aliphatic carboxylic acids is 1. The minimum absolute atomic E-state index is 0. The number of hydrogen-bond donors (Lipinski definition) is 3. The summed E-state index contributed by atoms with van der Waals surface area (Å²) in [5.74, 6) is 0.505. The van der Waals surface area contributed by atoms with Crippen LogP contribution in [0.2, 0.25) is 5.02 Å². The third-order valence-corrected chi connectivity index (χ3v) is 10.0. The largest absolute Gasteiger partial charge is 0.494 e. The van der Waals surface area contributed by atoms with E-state index in [1.165, 1.54) is 17.5 Å². The third-order valence-electron chi connectivity index (χ3n) is 8.56. The van der Waals surface area contributed by atoms with Gasteiger partial charge in [0.25, 0.3) is 0 Å². The monoisotopic (exact) mass is 708 g/mol. The summed E-state index contributed by atoms with van der Waals surface area (Å²) in [6, 6.07) is 13.5. The lowest BCUT2D eigenvalue weighted by Gasteiger charge is -2.43. The quantitative estimate of drug-likeness (QED) is 0.244. The Morgan fingerprint density at radius 2 is 1.77 bits per heavy atom. The summed E-state index contributed by atoms with van der Waals surface area (Å²) in [7, 11) is -0.377. The number of carboxylic acids is 1. The molecule has 0 saturated carbocycles. The molecule has 0 radical (unpaired) electrons. The van der Waals surface area contributed by atoms with Gasteiger partial charge in [0.05, 0.1) is 43.0 Å². The van der Waals surface area contributed by atoms with Crippen molar-refractivity contribution in [1.82, 2.24) is 19.8 Å². The number of carbonyl (C=O) groups is 1. The van der Waals surface area contributed by atoms with Crippen molar-refractivity contribution < 1.29 is 23.1 Å². The minimum Gasteiger partial charge on any atom is -0.494 e. The molecule has 0 bridgehead atoms. The molecule has 0 spiro atoms. The van der Waals surface area contributed by atoms with E-state index in [2.05, 4.69) is 41.4 Å². The fourth-order valence-electron chi connectivity index (χ4n) is 5.87. The Bertz CT molecular complexity index is 1630. The topological polar surface area (TPSA) is 143 Å². The zero-order valence-electron chi connectivity index (χ0n) is 26.7. The van der Waals surface area contributed by atoms with Gasteiger partial charge >= 0.3 is 5.97 Å². The average Bonchev–Trinajstić information content (AvgIpc) is 3.05. The van der Waals surface area contributed by atoms with E-state index in [9.17, 15) is 13.2 Å². The van der Waals surface area contributed by atoms with E-state index in [1.807, 2.05) is 12.1 Å². The SMILES string of the molecule is COc1cc(N2CCC(N3CCN(CCC(=O)O)CC3)CC2)ccc1Nc1ncc(Cl)c(Nc2ccccc2N(C)S(C)(=O)=O)n1.Cl. The molecule has 13 nitrogen and oxygen atoms in total. The number of piperidine rings is 1. The molecule has 0 amide bonds. The number of piperazine rings is 1. The second-order valence-corrected chi connectivity index (χ2v) is 13.9. The molecule has 16 heteroatoms. The van der Waals surface area contributed by atoms with E-state index in [0.717, 1.165) is 64.1 Å². The van der Waals surface area contributed by atoms with Gasteiger partial charge in [-0.3, -0.25) is 14.0 Å². The second-order valence-electron chi connectivity index (χ2n) is 11.5. The highest BCUT2D eigenvalue weighted by Gasteiger charge is 2.28. The third kappa shape index (κ3) is 9.29. The van der Waals surface area contributed by atoms with Crippen LogP contribution in [-0.4, -0.2) is 112 Å². The number of rotatable bonds is 12. The Morgan fingerprint density at radius 1 is 1.06 bits per heavy atom. The van der Waals surface area contributed by atoms with Crippen molar-refractivity contribution in [2.75, 3.05) is 86.1 Å². The Hall–Kier alpha value is -3.56. The smallest absolute Gasteiger partial charge is 0.304 e. The van der Waals surface area contributed by atoms with Gasteiger partial charge in [-0.1, -0.05) is 23.7 Å². The molecule has 3 heterocycles. The first-order chi connectivity index (χ1) is 22.0. The summed E-state index contributed by atoms with van der Waals surface area (Å²) in [6.07, 6.45) is 4.94. The summed E-state index contributed by atoms with van der Waals surface area (Å²) in [6.45, 7) is 6.29. The Kier molecular flexibility index (Phi) is 12.4. The number of hydrogen-bond acceptors (Lipinski definition) is 11. The van der Waals surface area contributed by atoms with Crippen molar-refractivity contribution in [3.8, 4) is 5.75 Å². The van der Waals surface area contributed by atoms with Gasteiger partial charge in [0.2, 0.25) is 16.0 Å². The molecule has 2 fully saturated rings. The summed E-state index contributed by atoms with van der Waals surface area (Å²) in [4.78, 5) is 27.0. The van der Waals surface area contributed by atoms with Crippen LogP contribution in [0.25, 0.3) is 0 Å². The number of sulfonamides is 1. The summed E-state index contributed by atoms with van der Waals surface area (Å²) >= 11 is 6.42. The lowest BCUT2D eigenvalue weighted by atomic mass is 10.0. The van der Waals surface area contributed by atoms with Crippen molar-refractivity contribution in [1.29, 1.82) is 0 Å². The van der Waals surface area contributed by atoms with Gasteiger partial charge in [-0.05, 0) is 37.1 Å². The van der Waals surface area contributed by atoms with Crippen LogP contribution in [0, 0.1) is 0 Å². The Morgan fingerprint density at radius 3 is 2.43 bits per heavy atom. The van der Waals surface area contributed by atoms with Crippen LogP contribution in [0.5, 0.6) is 5.75 Å². The number of para-hydroxylation sites is 2. The molecule has 0 aliphatic carbocycles. The number of aromatic nitrogens is 2. The van der Waals surface area contributed by atoms with Crippen molar-refractivity contribution >= 4 is 74.5 Å². The fourth-order valence-corrected chi connectivity index (χ4v) is 6.53. The van der Waals surface area contributed by atoms with Crippen LogP contribution in [0.1, 0.15) is 19.3 Å². The summed E-state index contributed by atoms with van der Waals surface area (Å²) in [5.41, 5.74) is 2.73. The van der Waals surface area contributed by atoms with E-state index in [4.69, 9.17) is 21.4 Å². The van der Waals surface area contributed by atoms with E-state index in [1.54, 1.807) is 31.4 Å². The van der Waals surface area contributed by atoms with Crippen molar-refractivity contribution in [3.05, 3.63) is 53.7 Å². The number of carboxylic acid groups (broad SMARTS) is 1. The first-order valence-corrected chi connectivity index (χ1v) is 17.4. The minimum atomic E-state index is -3.48. The highest BCUT2D eigenvalue weighted by Crippen LogP contribution is 2.35. The number of methoxy groups -OCH3 is 1. The molecular formula is C31H42Cl2N8O5S. The highest BCUT2D eigenvalue weighted by atomic mass is 35.5. The van der Waals surface area contributed by atoms with Gasteiger partial charge in [0, 0.05) is 70.7 Å². The van der Waals surface area contributed by atoms with Gasteiger partial charge in [-0.15, -0.1) is 12.4 Å². The maximum absolute atomic E-state index is 12.2. The normalized spacial score (nSPS) is 16.3. The molecule has 0 unspecified atom stereocenters. The number of ether oxygens (including phenoxy) is 1. The molecule has 2 aliphatic heterocycles. The van der Waals surface area contributed by atoms with Gasteiger partial charge in [0.1, 0.15) is 10.8 Å². The predicted molar refractivity (Wildman–Crippen MR) is 189 cm³/mol. The van der Waals surface area contributed by atoms with Crippen LogP contribution in [0.3, 0.4) is 0 Å². The molecule has 256 valence electrons. The van der Waals surface area contributed by atoms with E-state index in [-0.39, 0.29) is 29.8 Å². The van der Waals surface area contributed by atoms with Crippen molar-refractivity contribution in [2.45, 2.75) is 25.3 Å². The Labute approximate surface area is 287 Å².